The molecule has 2 heterocycles. The third kappa shape index (κ3) is 4.08. The number of aromatic nitrogens is 2. The molecule has 0 aliphatic heterocycles. The SMILES string of the molecule is CC[NH+](CC)CCSc1ccc(-c2ccco2)nn1. The molecule has 0 aliphatic carbocycles. The van der Waals surface area contributed by atoms with Crippen LogP contribution >= 0.6 is 11.8 Å². The molecule has 0 saturated carbocycles. The van der Waals surface area contributed by atoms with Crippen molar-refractivity contribution in [1.82, 2.24) is 10.2 Å². The molecule has 102 valence electrons. The Kier molecular flexibility index (Phi) is 5.42. The second-order valence-corrected chi connectivity index (χ2v) is 5.40. The predicted molar refractivity (Wildman–Crippen MR) is 77.4 cm³/mol. The maximum absolute atomic E-state index is 5.29. The maximum atomic E-state index is 5.29. The van der Waals surface area contributed by atoms with Gasteiger partial charge in [-0.2, -0.15) is 0 Å². The fourth-order valence-corrected chi connectivity index (χ4v) is 2.72. The van der Waals surface area contributed by atoms with E-state index in [1.807, 2.05) is 24.3 Å². The first kappa shape index (κ1) is 14.1. The lowest BCUT2D eigenvalue weighted by Gasteiger charge is -2.14. The molecule has 0 fully saturated rings. The minimum absolute atomic E-state index is 0.761. The van der Waals surface area contributed by atoms with Gasteiger partial charge in [-0.1, -0.05) is 11.8 Å². The van der Waals surface area contributed by atoms with Crippen LogP contribution in [-0.4, -0.2) is 35.6 Å². The van der Waals surface area contributed by atoms with Crippen LogP contribution in [-0.2, 0) is 0 Å². The monoisotopic (exact) mass is 278 g/mol. The van der Waals surface area contributed by atoms with Crippen LogP contribution in [0.5, 0.6) is 0 Å². The van der Waals surface area contributed by atoms with E-state index in [0.717, 1.165) is 22.2 Å². The fourth-order valence-electron chi connectivity index (χ4n) is 1.86. The smallest absolute Gasteiger partial charge is 0.154 e. The molecule has 0 aromatic carbocycles. The second kappa shape index (κ2) is 7.31. The highest BCUT2D eigenvalue weighted by molar-refractivity contribution is 7.99. The molecule has 5 heteroatoms. The van der Waals surface area contributed by atoms with Crippen molar-refractivity contribution in [3.8, 4) is 11.5 Å². The van der Waals surface area contributed by atoms with Crippen molar-refractivity contribution in [2.24, 2.45) is 0 Å². The van der Waals surface area contributed by atoms with Gasteiger partial charge in [0.2, 0.25) is 0 Å². The van der Waals surface area contributed by atoms with E-state index in [1.165, 1.54) is 19.6 Å². The molecule has 19 heavy (non-hydrogen) atoms. The summed E-state index contributed by atoms with van der Waals surface area (Å²) >= 11 is 1.76. The van der Waals surface area contributed by atoms with E-state index in [0.29, 0.717) is 0 Å². The Morgan fingerprint density at radius 3 is 2.58 bits per heavy atom. The highest BCUT2D eigenvalue weighted by Crippen LogP contribution is 2.19. The lowest BCUT2D eigenvalue weighted by molar-refractivity contribution is -0.893. The number of hydrogen-bond acceptors (Lipinski definition) is 4. The minimum atomic E-state index is 0.761. The topological polar surface area (TPSA) is 43.4 Å². The number of thioether (sulfide) groups is 1. The highest BCUT2D eigenvalue weighted by Gasteiger charge is 2.06. The third-order valence-electron chi connectivity index (χ3n) is 3.12. The third-order valence-corrected chi connectivity index (χ3v) is 4.04. The molecule has 0 aliphatic rings. The second-order valence-electron chi connectivity index (χ2n) is 4.29. The Balaban J connectivity index is 1.85. The van der Waals surface area contributed by atoms with E-state index in [9.17, 15) is 0 Å². The van der Waals surface area contributed by atoms with Crippen molar-refractivity contribution in [1.29, 1.82) is 0 Å². The van der Waals surface area contributed by atoms with Crippen molar-refractivity contribution in [3.63, 3.8) is 0 Å². The molecule has 2 rings (SSSR count). The van der Waals surface area contributed by atoms with Crippen LogP contribution in [0, 0.1) is 0 Å². The number of nitrogens with zero attached hydrogens (tertiary/aromatic N) is 2. The number of furan rings is 1. The van der Waals surface area contributed by atoms with Crippen LogP contribution in [0.15, 0.2) is 40.0 Å². The maximum Gasteiger partial charge on any atom is 0.154 e. The minimum Gasteiger partial charge on any atom is -0.463 e. The van der Waals surface area contributed by atoms with Crippen LogP contribution in [0.3, 0.4) is 0 Å². The van der Waals surface area contributed by atoms with Crippen molar-refractivity contribution >= 4 is 11.8 Å². The molecule has 0 spiro atoms. The van der Waals surface area contributed by atoms with E-state index in [-0.39, 0.29) is 0 Å². The number of nitrogens with one attached hydrogen (secondary N) is 1. The summed E-state index contributed by atoms with van der Waals surface area (Å²) in [5, 5.41) is 9.39. The quantitative estimate of drug-likeness (QED) is 0.784. The normalized spacial score (nSPS) is 11.1. The number of hydrogen-bond donors (Lipinski definition) is 1. The van der Waals surface area contributed by atoms with E-state index in [2.05, 4.69) is 24.0 Å². The van der Waals surface area contributed by atoms with E-state index >= 15 is 0 Å². The van der Waals surface area contributed by atoms with Gasteiger partial charge in [-0.3, -0.25) is 0 Å². The average Bonchev–Trinajstić information content (AvgIpc) is 2.98. The van der Waals surface area contributed by atoms with Gasteiger partial charge >= 0.3 is 0 Å². The summed E-state index contributed by atoms with van der Waals surface area (Å²) in [6, 6.07) is 7.71. The Morgan fingerprint density at radius 1 is 1.16 bits per heavy atom. The van der Waals surface area contributed by atoms with Gasteiger partial charge < -0.3 is 9.32 Å². The first-order chi connectivity index (χ1) is 9.33. The molecule has 4 nitrogen and oxygen atoms in total. The summed E-state index contributed by atoms with van der Waals surface area (Å²) in [6.07, 6.45) is 1.65. The zero-order valence-electron chi connectivity index (χ0n) is 11.4. The summed E-state index contributed by atoms with van der Waals surface area (Å²) in [4.78, 5) is 1.62. The largest absolute Gasteiger partial charge is 0.463 e. The molecule has 0 saturated heterocycles. The van der Waals surface area contributed by atoms with Crippen molar-refractivity contribution in [3.05, 3.63) is 30.5 Å². The fraction of sp³-hybridized carbons (Fsp3) is 0.429. The molecule has 0 unspecified atom stereocenters. The highest BCUT2D eigenvalue weighted by atomic mass is 32.2. The molecule has 2 aromatic rings. The van der Waals surface area contributed by atoms with Gasteiger partial charge in [0.25, 0.3) is 0 Å². The summed E-state index contributed by atoms with van der Waals surface area (Å²) in [7, 11) is 0. The van der Waals surface area contributed by atoms with E-state index in [4.69, 9.17) is 4.42 Å². The van der Waals surface area contributed by atoms with Crippen LogP contribution in [0.4, 0.5) is 0 Å². The Labute approximate surface area is 118 Å². The van der Waals surface area contributed by atoms with Crippen LogP contribution in [0.2, 0.25) is 0 Å². The van der Waals surface area contributed by atoms with Gasteiger partial charge in [-0.25, -0.2) is 0 Å². The van der Waals surface area contributed by atoms with Gasteiger partial charge in [0.15, 0.2) is 5.76 Å². The average molecular weight is 278 g/mol. The summed E-state index contributed by atoms with van der Waals surface area (Å²) in [5.74, 6) is 1.84. The van der Waals surface area contributed by atoms with Crippen LogP contribution in [0.25, 0.3) is 11.5 Å². The predicted octanol–water partition coefficient (Wildman–Crippen LogP) is 1.75. The lowest BCUT2D eigenvalue weighted by Crippen LogP contribution is -3.11. The molecular formula is C14H20N3OS+. The molecular weight excluding hydrogens is 258 g/mol. The zero-order valence-corrected chi connectivity index (χ0v) is 12.2. The molecule has 1 N–H and O–H groups in total. The van der Waals surface area contributed by atoms with Gasteiger partial charge in [0.1, 0.15) is 10.7 Å². The number of quaternary nitrogens is 1. The Hall–Kier alpha value is -1.33. The molecule has 0 atom stereocenters. The van der Waals surface area contributed by atoms with Crippen LogP contribution in [0.1, 0.15) is 13.8 Å². The van der Waals surface area contributed by atoms with E-state index in [1.54, 1.807) is 22.9 Å². The molecule has 0 amide bonds. The summed E-state index contributed by atoms with van der Waals surface area (Å²) < 4.78 is 5.29. The van der Waals surface area contributed by atoms with Crippen LogP contribution < -0.4 is 4.90 Å². The standard InChI is InChI=1S/C14H19N3OS/c1-3-17(4-2)9-11-19-14-8-7-12(15-16-14)13-6-5-10-18-13/h5-8,10H,3-4,9,11H2,1-2H3/p+1. The summed E-state index contributed by atoms with van der Waals surface area (Å²) in [5.41, 5.74) is 0.781. The molecule has 0 radical (unpaired) electrons. The zero-order chi connectivity index (χ0) is 13.5. The first-order valence-corrected chi connectivity index (χ1v) is 7.66. The van der Waals surface area contributed by atoms with E-state index < -0.39 is 0 Å². The van der Waals surface area contributed by atoms with Crippen molar-refractivity contribution < 1.29 is 9.32 Å². The van der Waals surface area contributed by atoms with Gasteiger partial charge in [-0.15, -0.1) is 10.2 Å². The molecule has 0 bridgehead atoms. The lowest BCUT2D eigenvalue weighted by atomic mass is 10.3. The van der Waals surface area contributed by atoms with Gasteiger partial charge in [0.05, 0.1) is 25.9 Å². The first-order valence-electron chi connectivity index (χ1n) is 6.67. The van der Waals surface area contributed by atoms with Crippen molar-refractivity contribution in [2.75, 3.05) is 25.4 Å². The van der Waals surface area contributed by atoms with Crippen molar-refractivity contribution in [2.45, 2.75) is 18.9 Å². The number of rotatable bonds is 7. The Bertz CT molecular complexity index is 466. The van der Waals surface area contributed by atoms with Gasteiger partial charge in [0, 0.05) is 5.75 Å². The summed E-state index contributed by atoms with van der Waals surface area (Å²) in [6.45, 7) is 7.97. The molecule has 2 aromatic heterocycles. The van der Waals surface area contributed by atoms with Gasteiger partial charge in [-0.05, 0) is 38.1 Å². The Morgan fingerprint density at radius 2 is 2.00 bits per heavy atom.